The highest BCUT2D eigenvalue weighted by atomic mass is 32.2. The summed E-state index contributed by atoms with van der Waals surface area (Å²) in [4.78, 5) is 4.45. The highest BCUT2D eigenvalue weighted by Gasteiger charge is 2.13. The minimum Gasteiger partial charge on any atom is -0.508 e. The first-order valence-corrected chi connectivity index (χ1v) is 7.93. The average Bonchev–Trinajstić information content (AvgIpc) is 3.11. The number of benzene rings is 1. The summed E-state index contributed by atoms with van der Waals surface area (Å²) in [6, 6.07) is 6.68. The van der Waals surface area contributed by atoms with Crippen LogP contribution in [0.4, 0.5) is 0 Å². The zero-order valence-corrected chi connectivity index (χ0v) is 12.8. The van der Waals surface area contributed by atoms with E-state index in [4.69, 9.17) is 0 Å². The molecule has 0 unspecified atom stereocenters. The Balaban J connectivity index is 1.83. The smallest absolute Gasteiger partial charge is 0.221 e. The summed E-state index contributed by atoms with van der Waals surface area (Å²) in [5.74, 6) is 1.06. The van der Waals surface area contributed by atoms with Crippen molar-refractivity contribution in [2.24, 2.45) is 0 Å². The third-order valence-corrected chi connectivity index (χ3v) is 4.36. The van der Waals surface area contributed by atoms with Gasteiger partial charge in [-0.25, -0.2) is 4.98 Å². The van der Waals surface area contributed by atoms with E-state index in [0.29, 0.717) is 5.16 Å². The summed E-state index contributed by atoms with van der Waals surface area (Å²) in [7, 11) is 0. The van der Waals surface area contributed by atoms with Crippen LogP contribution in [0.25, 0.3) is 5.69 Å². The summed E-state index contributed by atoms with van der Waals surface area (Å²) in [5.41, 5.74) is 0.776. The fourth-order valence-corrected chi connectivity index (χ4v) is 3.24. The van der Waals surface area contributed by atoms with E-state index in [-0.39, 0.29) is 5.75 Å². The third kappa shape index (κ3) is 3.19. The summed E-state index contributed by atoms with van der Waals surface area (Å²) in [6.07, 6.45) is 1.89. The number of phenolic OH excluding ortho intramolecular Hbond substituents is 1. The highest BCUT2D eigenvalue weighted by molar-refractivity contribution is 8.00. The number of rotatable bonds is 5. The highest BCUT2D eigenvalue weighted by Crippen LogP contribution is 2.28. The van der Waals surface area contributed by atoms with Crippen LogP contribution in [-0.4, -0.2) is 34.7 Å². The maximum atomic E-state index is 9.33. The van der Waals surface area contributed by atoms with Gasteiger partial charge in [-0.15, -0.1) is 5.10 Å². The van der Waals surface area contributed by atoms with Crippen molar-refractivity contribution >= 4 is 23.3 Å². The molecular weight excluding hydrogens is 308 g/mol. The third-order valence-electron chi connectivity index (χ3n) is 2.64. The topological polar surface area (TPSA) is 89.6 Å². The SMILES string of the molecule is CCCc1nsc(Sc2nnnn2-c2ccc(O)cc2)n1. The molecule has 108 valence electrons. The zero-order chi connectivity index (χ0) is 14.7. The molecule has 0 fully saturated rings. The molecule has 2 heterocycles. The Morgan fingerprint density at radius 1 is 1.29 bits per heavy atom. The first-order chi connectivity index (χ1) is 10.3. The molecule has 0 aliphatic carbocycles. The summed E-state index contributed by atoms with van der Waals surface area (Å²) < 4.78 is 6.71. The van der Waals surface area contributed by atoms with E-state index in [2.05, 4.69) is 31.8 Å². The minimum absolute atomic E-state index is 0.203. The van der Waals surface area contributed by atoms with E-state index in [9.17, 15) is 5.11 Å². The van der Waals surface area contributed by atoms with Gasteiger partial charge in [0.25, 0.3) is 0 Å². The van der Waals surface area contributed by atoms with Gasteiger partial charge in [-0.3, -0.25) is 0 Å². The van der Waals surface area contributed by atoms with Crippen LogP contribution in [0.1, 0.15) is 19.2 Å². The van der Waals surface area contributed by atoms with Crippen LogP contribution in [0.2, 0.25) is 0 Å². The fraction of sp³-hybridized carbons (Fsp3) is 0.250. The van der Waals surface area contributed by atoms with Crippen molar-refractivity contribution in [1.82, 2.24) is 29.6 Å². The first-order valence-electron chi connectivity index (χ1n) is 6.34. The lowest BCUT2D eigenvalue weighted by molar-refractivity contribution is 0.475. The number of aryl methyl sites for hydroxylation is 1. The Morgan fingerprint density at radius 2 is 2.10 bits per heavy atom. The van der Waals surface area contributed by atoms with Gasteiger partial charge in [-0.05, 0) is 64.4 Å². The van der Waals surface area contributed by atoms with E-state index in [1.54, 1.807) is 28.9 Å². The maximum absolute atomic E-state index is 9.33. The molecule has 0 saturated carbocycles. The number of aromatic hydroxyl groups is 1. The van der Waals surface area contributed by atoms with Crippen LogP contribution >= 0.6 is 23.3 Å². The molecule has 0 amide bonds. The van der Waals surface area contributed by atoms with Crippen LogP contribution in [0, 0.1) is 0 Å². The van der Waals surface area contributed by atoms with Crippen molar-refractivity contribution in [3.05, 3.63) is 30.1 Å². The van der Waals surface area contributed by atoms with Gasteiger partial charge in [0.2, 0.25) is 5.16 Å². The lowest BCUT2D eigenvalue weighted by atomic mass is 10.3. The van der Waals surface area contributed by atoms with Crippen molar-refractivity contribution in [1.29, 1.82) is 0 Å². The number of aromatic nitrogens is 6. The molecule has 3 rings (SSSR count). The number of hydrogen-bond acceptors (Lipinski definition) is 8. The number of phenols is 1. The van der Waals surface area contributed by atoms with Crippen molar-refractivity contribution in [3.63, 3.8) is 0 Å². The quantitative estimate of drug-likeness (QED) is 0.771. The Labute approximate surface area is 129 Å². The van der Waals surface area contributed by atoms with Crippen molar-refractivity contribution in [2.45, 2.75) is 29.3 Å². The lowest BCUT2D eigenvalue weighted by Crippen LogP contribution is -1.98. The molecule has 1 N–H and O–H groups in total. The predicted molar refractivity (Wildman–Crippen MR) is 78.8 cm³/mol. The Morgan fingerprint density at radius 3 is 2.86 bits per heavy atom. The van der Waals surface area contributed by atoms with E-state index in [0.717, 1.165) is 28.7 Å². The molecule has 2 aromatic heterocycles. The Hall–Kier alpha value is -2.00. The first kappa shape index (κ1) is 14.0. The monoisotopic (exact) mass is 320 g/mol. The molecule has 0 aliphatic rings. The predicted octanol–water partition coefficient (Wildman–Crippen LogP) is 2.32. The molecule has 7 nitrogen and oxygen atoms in total. The van der Waals surface area contributed by atoms with Crippen molar-refractivity contribution in [2.75, 3.05) is 0 Å². The molecular formula is C12H12N6OS2. The molecule has 0 saturated heterocycles. The number of hydrogen-bond donors (Lipinski definition) is 1. The second kappa shape index (κ2) is 6.19. The van der Waals surface area contributed by atoms with E-state index >= 15 is 0 Å². The van der Waals surface area contributed by atoms with Crippen LogP contribution in [0.15, 0.2) is 33.8 Å². The molecule has 0 radical (unpaired) electrons. The number of tetrazole rings is 1. The second-order valence-electron chi connectivity index (χ2n) is 4.22. The second-order valence-corrected chi connectivity index (χ2v) is 6.18. The molecule has 3 aromatic rings. The molecule has 21 heavy (non-hydrogen) atoms. The molecule has 1 aromatic carbocycles. The standard InChI is InChI=1S/C12H12N6OS2/c1-2-3-10-13-12(21-15-10)20-11-14-16-17-18(11)8-4-6-9(19)7-5-8/h4-7,19H,2-3H2,1H3. The van der Waals surface area contributed by atoms with E-state index < -0.39 is 0 Å². The normalized spacial score (nSPS) is 10.9. The van der Waals surface area contributed by atoms with Crippen LogP contribution in [0.3, 0.4) is 0 Å². The molecule has 0 aliphatic heterocycles. The summed E-state index contributed by atoms with van der Waals surface area (Å²) in [6.45, 7) is 2.10. The molecule has 0 bridgehead atoms. The van der Waals surface area contributed by atoms with Crippen LogP contribution < -0.4 is 0 Å². The molecule has 9 heteroatoms. The van der Waals surface area contributed by atoms with E-state index in [1.807, 2.05) is 0 Å². The maximum Gasteiger partial charge on any atom is 0.221 e. The van der Waals surface area contributed by atoms with Gasteiger partial charge in [0, 0.05) is 6.42 Å². The van der Waals surface area contributed by atoms with E-state index in [1.165, 1.54) is 23.3 Å². The largest absolute Gasteiger partial charge is 0.508 e. The Kier molecular flexibility index (Phi) is 4.11. The fourth-order valence-electron chi connectivity index (χ4n) is 1.68. The molecule has 0 spiro atoms. The molecule has 0 atom stereocenters. The zero-order valence-electron chi connectivity index (χ0n) is 11.2. The average molecular weight is 320 g/mol. The summed E-state index contributed by atoms with van der Waals surface area (Å²) >= 11 is 2.72. The summed E-state index contributed by atoms with van der Waals surface area (Å²) in [5, 5.41) is 21.6. The van der Waals surface area contributed by atoms with Crippen molar-refractivity contribution < 1.29 is 5.11 Å². The van der Waals surface area contributed by atoms with Crippen molar-refractivity contribution in [3.8, 4) is 11.4 Å². The Bertz CT molecular complexity index is 723. The minimum atomic E-state index is 0.203. The van der Waals surface area contributed by atoms with Crippen LogP contribution in [0.5, 0.6) is 5.75 Å². The van der Waals surface area contributed by atoms with Gasteiger partial charge in [0.15, 0.2) is 4.34 Å². The van der Waals surface area contributed by atoms with Crippen LogP contribution in [-0.2, 0) is 6.42 Å². The number of nitrogens with zero attached hydrogens (tertiary/aromatic N) is 6. The van der Waals surface area contributed by atoms with Gasteiger partial charge >= 0.3 is 0 Å². The van der Waals surface area contributed by atoms with Gasteiger partial charge in [-0.1, -0.05) is 6.92 Å². The van der Waals surface area contributed by atoms with Gasteiger partial charge in [0.1, 0.15) is 11.6 Å². The van der Waals surface area contributed by atoms with Gasteiger partial charge in [0.05, 0.1) is 5.69 Å². The van der Waals surface area contributed by atoms with Gasteiger partial charge in [-0.2, -0.15) is 9.06 Å². The van der Waals surface area contributed by atoms with Gasteiger partial charge < -0.3 is 5.11 Å². The lowest BCUT2D eigenvalue weighted by Gasteiger charge is -2.02.